The summed E-state index contributed by atoms with van der Waals surface area (Å²) in [5.74, 6) is -0.416. The zero-order chi connectivity index (χ0) is 20.0. The number of ether oxygens (including phenoxy) is 1. The Bertz CT molecular complexity index is 1060. The molecule has 1 amide bonds. The molecule has 3 aromatic rings. The summed E-state index contributed by atoms with van der Waals surface area (Å²) in [5.41, 5.74) is 2.95. The number of H-pyrrole nitrogens is 1. The summed E-state index contributed by atoms with van der Waals surface area (Å²) in [7, 11) is 0. The second-order valence-corrected chi connectivity index (χ2v) is 7.42. The van der Waals surface area contributed by atoms with E-state index in [9.17, 15) is 14.3 Å². The van der Waals surface area contributed by atoms with Gasteiger partial charge in [0.15, 0.2) is 0 Å². The second-order valence-electron chi connectivity index (χ2n) is 7.42. The van der Waals surface area contributed by atoms with Crippen LogP contribution in [0.15, 0.2) is 48.5 Å². The number of phenolic OH excluding ortho intramolecular Hbond substituents is 1. The van der Waals surface area contributed by atoms with Crippen LogP contribution in [0.1, 0.15) is 40.5 Å². The second kappa shape index (κ2) is 7.00. The molecule has 0 aliphatic carbocycles. The molecule has 6 nitrogen and oxygen atoms in total. The summed E-state index contributed by atoms with van der Waals surface area (Å²) < 4.78 is 19.3. The van der Waals surface area contributed by atoms with Crippen molar-refractivity contribution < 1.29 is 19.0 Å². The summed E-state index contributed by atoms with van der Waals surface area (Å²) in [5, 5.41) is 17.5. The van der Waals surface area contributed by atoms with Gasteiger partial charge in [0.2, 0.25) is 0 Å². The Morgan fingerprint density at radius 2 is 2.00 bits per heavy atom. The maximum Gasteiger partial charge on any atom is 0.273 e. The third-order valence-corrected chi connectivity index (χ3v) is 5.63. The zero-order valence-electron chi connectivity index (χ0n) is 15.6. The number of benzene rings is 2. The smallest absolute Gasteiger partial charge is 0.273 e. The number of phenols is 1. The lowest BCUT2D eigenvalue weighted by molar-refractivity contribution is 0.0495. The van der Waals surface area contributed by atoms with Crippen LogP contribution in [0.3, 0.4) is 0 Å². The van der Waals surface area contributed by atoms with Gasteiger partial charge in [-0.15, -0.1) is 0 Å². The van der Waals surface area contributed by atoms with Gasteiger partial charge in [0.25, 0.3) is 5.91 Å². The molecule has 2 aliphatic heterocycles. The molecule has 5 rings (SSSR count). The van der Waals surface area contributed by atoms with Crippen LogP contribution >= 0.6 is 0 Å². The molecule has 148 valence electrons. The van der Waals surface area contributed by atoms with E-state index in [1.54, 1.807) is 35.2 Å². The molecule has 1 aromatic heterocycles. The Morgan fingerprint density at radius 1 is 1.21 bits per heavy atom. The number of nitrogens with one attached hydrogen (secondary N) is 1. The molecule has 0 unspecified atom stereocenters. The van der Waals surface area contributed by atoms with Crippen molar-refractivity contribution in [2.45, 2.75) is 25.0 Å². The molecule has 2 aliphatic rings. The summed E-state index contributed by atoms with van der Waals surface area (Å²) >= 11 is 0. The summed E-state index contributed by atoms with van der Waals surface area (Å²) in [4.78, 5) is 15.0. The van der Waals surface area contributed by atoms with E-state index in [2.05, 4.69) is 10.2 Å². The largest absolute Gasteiger partial charge is 0.507 e. The van der Waals surface area contributed by atoms with Crippen LogP contribution in [0.5, 0.6) is 5.75 Å². The van der Waals surface area contributed by atoms with Gasteiger partial charge in [-0.2, -0.15) is 5.10 Å². The SMILES string of the molecule is O=C1c2[nH]nc(-c3ccccc3O)c2[C@H](c2ccc(F)cc2)N1C[C@@H]1CCCO1. The van der Waals surface area contributed by atoms with E-state index in [1.807, 2.05) is 6.07 Å². The molecule has 7 heteroatoms. The van der Waals surface area contributed by atoms with Crippen LogP contribution in [0.2, 0.25) is 0 Å². The summed E-state index contributed by atoms with van der Waals surface area (Å²) in [6, 6.07) is 12.6. The van der Waals surface area contributed by atoms with Crippen molar-refractivity contribution in [1.29, 1.82) is 0 Å². The van der Waals surface area contributed by atoms with Gasteiger partial charge < -0.3 is 14.7 Å². The van der Waals surface area contributed by atoms with Gasteiger partial charge in [-0.1, -0.05) is 24.3 Å². The third-order valence-electron chi connectivity index (χ3n) is 5.63. The fraction of sp³-hybridized carbons (Fsp3) is 0.273. The maximum absolute atomic E-state index is 13.6. The van der Waals surface area contributed by atoms with E-state index in [1.165, 1.54) is 12.1 Å². The van der Waals surface area contributed by atoms with Crippen molar-refractivity contribution >= 4 is 5.91 Å². The van der Waals surface area contributed by atoms with Gasteiger partial charge in [-0.25, -0.2) is 4.39 Å². The highest BCUT2D eigenvalue weighted by atomic mass is 19.1. The fourth-order valence-electron chi connectivity index (χ4n) is 4.26. The number of para-hydroxylation sites is 1. The number of aromatic hydroxyl groups is 1. The van der Waals surface area contributed by atoms with Crippen LogP contribution in [0.25, 0.3) is 11.3 Å². The zero-order valence-corrected chi connectivity index (χ0v) is 15.6. The van der Waals surface area contributed by atoms with E-state index >= 15 is 0 Å². The summed E-state index contributed by atoms with van der Waals surface area (Å²) in [6.45, 7) is 1.15. The van der Waals surface area contributed by atoms with E-state index < -0.39 is 6.04 Å². The Balaban J connectivity index is 1.64. The molecular formula is C22H20FN3O3. The number of hydrogen-bond donors (Lipinski definition) is 2. The Kier molecular flexibility index (Phi) is 4.32. The average molecular weight is 393 g/mol. The lowest BCUT2D eigenvalue weighted by Crippen LogP contribution is -2.36. The first-order chi connectivity index (χ1) is 14.1. The van der Waals surface area contributed by atoms with E-state index in [0.717, 1.165) is 18.4 Å². The molecule has 0 spiro atoms. The first kappa shape index (κ1) is 17.9. The highest BCUT2D eigenvalue weighted by Gasteiger charge is 2.43. The predicted octanol–water partition coefficient (Wildman–Crippen LogP) is 3.65. The number of carbonyl (C=O) groups is 1. The Labute approximate surface area is 166 Å². The monoisotopic (exact) mass is 393 g/mol. The van der Waals surface area contributed by atoms with Gasteiger partial charge in [0.1, 0.15) is 23.0 Å². The van der Waals surface area contributed by atoms with Crippen LogP contribution in [0.4, 0.5) is 4.39 Å². The topological polar surface area (TPSA) is 78.5 Å². The lowest BCUT2D eigenvalue weighted by atomic mass is 9.95. The molecule has 2 N–H and O–H groups in total. The highest BCUT2D eigenvalue weighted by molar-refractivity contribution is 6.00. The fourth-order valence-corrected chi connectivity index (χ4v) is 4.26. The normalized spacial score (nSPS) is 21.0. The number of nitrogens with zero attached hydrogens (tertiary/aromatic N) is 2. The Hall–Kier alpha value is -3.19. The quantitative estimate of drug-likeness (QED) is 0.709. The maximum atomic E-state index is 13.6. The van der Waals surface area contributed by atoms with Crippen molar-refractivity contribution in [2.24, 2.45) is 0 Å². The minimum absolute atomic E-state index is 0.0209. The van der Waals surface area contributed by atoms with E-state index in [4.69, 9.17) is 4.74 Å². The lowest BCUT2D eigenvalue weighted by Gasteiger charge is -2.28. The standard InChI is InChI=1S/C22H20FN3O3/c23-14-9-7-13(8-10-14)21-18-19(16-5-1-2-6-17(16)27)24-25-20(18)22(28)26(21)12-15-4-3-11-29-15/h1-2,5-10,15,21,27H,3-4,11-12H2,(H,24,25)/t15-,21-/m0/s1. The number of hydrogen-bond acceptors (Lipinski definition) is 4. The van der Waals surface area contributed by atoms with Crippen LogP contribution in [-0.4, -0.2) is 45.4 Å². The molecule has 1 fully saturated rings. The average Bonchev–Trinajstić information content (AvgIpc) is 3.44. The van der Waals surface area contributed by atoms with Crippen molar-refractivity contribution in [3.8, 4) is 17.0 Å². The van der Waals surface area contributed by atoms with Gasteiger partial charge in [-0.05, 0) is 42.7 Å². The minimum Gasteiger partial charge on any atom is -0.507 e. The highest BCUT2D eigenvalue weighted by Crippen LogP contribution is 2.44. The number of aromatic nitrogens is 2. The molecular weight excluding hydrogens is 373 g/mol. The molecule has 2 atom stereocenters. The van der Waals surface area contributed by atoms with Crippen LogP contribution in [0, 0.1) is 5.82 Å². The predicted molar refractivity (Wildman–Crippen MR) is 104 cm³/mol. The number of rotatable bonds is 4. The van der Waals surface area contributed by atoms with Crippen molar-refractivity contribution in [3.05, 3.63) is 71.2 Å². The van der Waals surface area contributed by atoms with Crippen molar-refractivity contribution in [2.75, 3.05) is 13.2 Å². The Morgan fingerprint density at radius 3 is 2.72 bits per heavy atom. The first-order valence-corrected chi connectivity index (χ1v) is 9.68. The number of fused-ring (bicyclic) bond motifs is 1. The minimum atomic E-state index is -0.435. The van der Waals surface area contributed by atoms with Crippen LogP contribution < -0.4 is 0 Å². The van der Waals surface area contributed by atoms with Gasteiger partial charge >= 0.3 is 0 Å². The molecule has 0 radical (unpaired) electrons. The van der Waals surface area contributed by atoms with Crippen molar-refractivity contribution in [3.63, 3.8) is 0 Å². The van der Waals surface area contributed by atoms with E-state index in [-0.39, 0.29) is 23.6 Å². The third kappa shape index (κ3) is 2.98. The molecule has 2 aromatic carbocycles. The number of halogens is 1. The number of carbonyl (C=O) groups excluding carboxylic acids is 1. The van der Waals surface area contributed by atoms with Crippen molar-refractivity contribution in [1.82, 2.24) is 15.1 Å². The van der Waals surface area contributed by atoms with Gasteiger partial charge in [0, 0.05) is 24.3 Å². The van der Waals surface area contributed by atoms with Gasteiger partial charge in [-0.3, -0.25) is 9.89 Å². The molecule has 3 heterocycles. The first-order valence-electron chi connectivity index (χ1n) is 9.68. The molecule has 29 heavy (non-hydrogen) atoms. The van der Waals surface area contributed by atoms with Gasteiger partial charge in [0.05, 0.1) is 12.1 Å². The van der Waals surface area contributed by atoms with Crippen LogP contribution in [-0.2, 0) is 4.74 Å². The van der Waals surface area contributed by atoms with E-state index in [0.29, 0.717) is 35.7 Å². The molecule has 1 saturated heterocycles. The number of amides is 1. The summed E-state index contributed by atoms with van der Waals surface area (Å²) in [6.07, 6.45) is 1.86. The molecule has 0 saturated carbocycles. The molecule has 0 bridgehead atoms. The number of aromatic amines is 1.